The summed E-state index contributed by atoms with van der Waals surface area (Å²) in [7, 11) is 0. The molecule has 2 amide bonds. The Labute approximate surface area is 197 Å². The standard InChI is InChI=1S/C24H43N3O6/c1-2-3-4-5-6-7-8-9-10-11-12-13-14-19(29)24(25)15-16-27(23(32)26-24)22-21(31)20(30)18(17-28)33-22/h15-16,18,20-22,28,30-31H,2-14,17,25H2,1H3,(H,26,32)/t18-,20-,21+,22-,24?/m1/s1. The Kier molecular flexibility index (Phi) is 11.8. The van der Waals surface area contributed by atoms with E-state index in [1.165, 1.54) is 70.1 Å². The minimum absolute atomic E-state index is 0.270. The third-order valence-corrected chi connectivity index (χ3v) is 6.56. The highest BCUT2D eigenvalue weighted by Crippen LogP contribution is 2.26. The number of nitrogens with zero attached hydrogens (tertiary/aromatic N) is 1. The van der Waals surface area contributed by atoms with Gasteiger partial charge in [-0.1, -0.05) is 77.6 Å². The maximum Gasteiger partial charge on any atom is 0.325 e. The molecule has 1 fully saturated rings. The molecule has 0 aromatic carbocycles. The van der Waals surface area contributed by atoms with Crippen molar-refractivity contribution in [2.24, 2.45) is 5.73 Å². The van der Waals surface area contributed by atoms with Gasteiger partial charge in [0.2, 0.25) is 0 Å². The lowest BCUT2D eigenvalue weighted by atomic mass is 9.98. The second-order valence-corrected chi connectivity index (χ2v) is 9.31. The summed E-state index contributed by atoms with van der Waals surface area (Å²) in [6.45, 7) is 1.74. The fourth-order valence-corrected chi connectivity index (χ4v) is 4.35. The number of nitrogens with one attached hydrogen (secondary N) is 1. The van der Waals surface area contributed by atoms with Gasteiger partial charge >= 0.3 is 6.03 Å². The molecular formula is C24H43N3O6. The van der Waals surface area contributed by atoms with Crippen molar-refractivity contribution in [1.82, 2.24) is 10.2 Å². The molecule has 9 heteroatoms. The number of nitrogens with two attached hydrogens (primary N) is 1. The normalized spacial score (nSPS) is 29.5. The largest absolute Gasteiger partial charge is 0.394 e. The molecule has 0 aliphatic carbocycles. The summed E-state index contributed by atoms with van der Waals surface area (Å²) < 4.78 is 5.36. The van der Waals surface area contributed by atoms with Crippen LogP contribution in [0, 0.1) is 0 Å². The lowest BCUT2D eigenvalue weighted by Crippen LogP contribution is -2.66. The molecular weight excluding hydrogens is 426 g/mol. The highest BCUT2D eigenvalue weighted by molar-refractivity contribution is 5.95. The summed E-state index contributed by atoms with van der Waals surface area (Å²) in [5, 5.41) is 31.7. The second-order valence-electron chi connectivity index (χ2n) is 9.31. The Morgan fingerprint density at radius 3 is 2.06 bits per heavy atom. The first-order chi connectivity index (χ1) is 15.8. The summed E-state index contributed by atoms with van der Waals surface area (Å²) in [4.78, 5) is 26.2. The fraction of sp³-hybridized carbons (Fsp3) is 0.833. The summed E-state index contributed by atoms with van der Waals surface area (Å²) in [5.74, 6) is -0.278. The molecule has 0 aromatic rings. The van der Waals surface area contributed by atoms with Crippen molar-refractivity contribution in [3.8, 4) is 0 Å². The number of ether oxygens (including phenoxy) is 1. The maximum atomic E-state index is 12.6. The lowest BCUT2D eigenvalue weighted by Gasteiger charge is -2.36. The molecule has 6 N–H and O–H groups in total. The van der Waals surface area contributed by atoms with E-state index in [4.69, 9.17) is 10.5 Å². The highest BCUT2D eigenvalue weighted by atomic mass is 16.6. The van der Waals surface area contributed by atoms with Gasteiger partial charge in [-0.3, -0.25) is 15.4 Å². The van der Waals surface area contributed by atoms with Crippen molar-refractivity contribution in [3.05, 3.63) is 12.3 Å². The summed E-state index contributed by atoms with van der Waals surface area (Å²) in [6.07, 6.45) is 12.4. The number of carbonyl (C=O) groups excluding carboxylic acids is 2. The number of aliphatic hydroxyl groups excluding tert-OH is 3. The molecule has 2 aliphatic heterocycles. The van der Waals surface area contributed by atoms with E-state index in [-0.39, 0.29) is 12.2 Å². The van der Waals surface area contributed by atoms with Gasteiger partial charge in [0.05, 0.1) is 6.61 Å². The number of urea groups is 1. The van der Waals surface area contributed by atoms with Crippen LogP contribution in [0.4, 0.5) is 4.79 Å². The van der Waals surface area contributed by atoms with Gasteiger partial charge in [-0.2, -0.15) is 0 Å². The number of rotatable bonds is 16. The predicted octanol–water partition coefficient (Wildman–Crippen LogP) is 2.28. The smallest absolute Gasteiger partial charge is 0.325 e. The van der Waals surface area contributed by atoms with Crippen molar-refractivity contribution in [3.63, 3.8) is 0 Å². The minimum atomic E-state index is -1.61. The summed E-state index contributed by atoms with van der Waals surface area (Å²) in [6, 6.07) is -0.710. The third-order valence-electron chi connectivity index (χ3n) is 6.56. The Hall–Kier alpha value is -1.52. The third kappa shape index (κ3) is 8.03. The van der Waals surface area contributed by atoms with Gasteiger partial charge in [0.1, 0.15) is 18.3 Å². The van der Waals surface area contributed by atoms with Crippen LogP contribution >= 0.6 is 0 Å². The number of hydrogen-bond donors (Lipinski definition) is 5. The topological polar surface area (TPSA) is 145 Å². The van der Waals surface area contributed by atoms with Gasteiger partial charge in [0.15, 0.2) is 17.7 Å². The van der Waals surface area contributed by atoms with Crippen LogP contribution in [0.5, 0.6) is 0 Å². The van der Waals surface area contributed by atoms with Crippen molar-refractivity contribution in [2.75, 3.05) is 6.61 Å². The SMILES string of the molecule is CCCCCCCCCCCCCCC(=O)C1(N)C=CN([C@@H]2O[C@H](CO)[C@@H](O)[C@@H]2O)C(=O)N1. The minimum Gasteiger partial charge on any atom is -0.394 e. The van der Waals surface area contributed by atoms with Crippen LogP contribution < -0.4 is 11.1 Å². The summed E-state index contributed by atoms with van der Waals surface area (Å²) >= 11 is 0. The van der Waals surface area contributed by atoms with Crippen molar-refractivity contribution in [1.29, 1.82) is 0 Å². The van der Waals surface area contributed by atoms with Gasteiger partial charge in [-0.25, -0.2) is 4.79 Å². The zero-order valence-corrected chi connectivity index (χ0v) is 20.0. The molecule has 2 aliphatic rings. The second kappa shape index (κ2) is 14.0. The Morgan fingerprint density at radius 1 is 1.03 bits per heavy atom. The van der Waals surface area contributed by atoms with E-state index >= 15 is 0 Å². The molecule has 0 radical (unpaired) electrons. The lowest BCUT2D eigenvalue weighted by molar-refractivity contribution is -0.124. The monoisotopic (exact) mass is 469 g/mol. The number of unbranched alkanes of at least 4 members (excludes halogenated alkanes) is 11. The predicted molar refractivity (Wildman–Crippen MR) is 125 cm³/mol. The van der Waals surface area contributed by atoms with Gasteiger partial charge < -0.3 is 25.4 Å². The molecule has 0 aromatic heterocycles. The van der Waals surface area contributed by atoms with Crippen LogP contribution in [0.1, 0.15) is 90.4 Å². The number of carbonyl (C=O) groups is 2. The summed E-state index contributed by atoms with van der Waals surface area (Å²) in [5.41, 5.74) is 4.51. The first-order valence-electron chi connectivity index (χ1n) is 12.6. The average Bonchev–Trinajstić information content (AvgIpc) is 3.08. The van der Waals surface area contributed by atoms with Gasteiger partial charge in [0, 0.05) is 12.6 Å². The molecule has 190 valence electrons. The van der Waals surface area contributed by atoms with Crippen LogP contribution in [0.25, 0.3) is 0 Å². The van der Waals surface area contributed by atoms with E-state index in [2.05, 4.69) is 12.2 Å². The van der Waals surface area contributed by atoms with Crippen molar-refractivity contribution in [2.45, 2.75) is 121 Å². The number of aliphatic hydroxyl groups is 3. The molecule has 0 spiro atoms. The molecule has 2 heterocycles. The number of amides is 2. The van der Waals surface area contributed by atoms with Crippen LogP contribution in [-0.2, 0) is 9.53 Å². The molecule has 33 heavy (non-hydrogen) atoms. The zero-order chi connectivity index (χ0) is 24.3. The molecule has 5 atom stereocenters. The quantitative estimate of drug-likeness (QED) is 0.218. The van der Waals surface area contributed by atoms with E-state index in [0.29, 0.717) is 0 Å². The number of hydrogen-bond acceptors (Lipinski definition) is 7. The van der Waals surface area contributed by atoms with Crippen LogP contribution in [0.15, 0.2) is 12.3 Å². The van der Waals surface area contributed by atoms with E-state index in [1.54, 1.807) is 0 Å². The average molecular weight is 470 g/mol. The molecule has 0 bridgehead atoms. The van der Waals surface area contributed by atoms with Crippen molar-refractivity contribution < 1.29 is 29.6 Å². The van der Waals surface area contributed by atoms with E-state index in [1.807, 2.05) is 0 Å². The van der Waals surface area contributed by atoms with Gasteiger partial charge in [-0.15, -0.1) is 0 Å². The Balaban J connectivity index is 1.65. The molecule has 0 saturated carbocycles. The highest BCUT2D eigenvalue weighted by Gasteiger charge is 2.48. The number of ketones is 1. The molecule has 2 rings (SSSR count). The van der Waals surface area contributed by atoms with Crippen LogP contribution in [0.2, 0.25) is 0 Å². The van der Waals surface area contributed by atoms with E-state index in [0.717, 1.165) is 24.2 Å². The Morgan fingerprint density at radius 2 is 1.58 bits per heavy atom. The molecule has 1 saturated heterocycles. The van der Waals surface area contributed by atoms with E-state index in [9.17, 15) is 24.9 Å². The first kappa shape index (κ1) is 27.7. The first-order valence-corrected chi connectivity index (χ1v) is 12.6. The van der Waals surface area contributed by atoms with Crippen LogP contribution in [0.3, 0.4) is 0 Å². The molecule has 1 unspecified atom stereocenters. The fourth-order valence-electron chi connectivity index (χ4n) is 4.35. The zero-order valence-electron chi connectivity index (χ0n) is 20.0. The van der Waals surface area contributed by atoms with Crippen LogP contribution in [-0.4, -0.2) is 68.8 Å². The Bertz CT molecular complexity index is 646. The molecule has 9 nitrogen and oxygen atoms in total. The van der Waals surface area contributed by atoms with Gasteiger partial charge in [0.25, 0.3) is 0 Å². The van der Waals surface area contributed by atoms with Crippen molar-refractivity contribution >= 4 is 11.8 Å². The van der Waals surface area contributed by atoms with E-state index < -0.39 is 42.8 Å². The number of Topliss-reactive ketones (excluding diaryl/α,β-unsaturated/α-hetero) is 1. The maximum absolute atomic E-state index is 12.6. The van der Waals surface area contributed by atoms with Gasteiger partial charge in [-0.05, 0) is 12.5 Å².